The van der Waals surface area contributed by atoms with Gasteiger partial charge in [-0.15, -0.1) is 0 Å². The Morgan fingerprint density at radius 2 is 0.842 bits per heavy atom. The molecule has 0 aliphatic heterocycles. The highest BCUT2D eigenvalue weighted by molar-refractivity contribution is 5.02. The average molecular weight is 531 g/mol. The van der Waals surface area contributed by atoms with Crippen LogP contribution in [-0.4, -0.2) is 9.55 Å². The fraction of sp³-hybridized carbons (Fsp3) is 0.917. The van der Waals surface area contributed by atoms with Crippen LogP contribution >= 0.6 is 0 Å². The van der Waals surface area contributed by atoms with Gasteiger partial charge in [-0.1, -0.05) is 175 Å². The summed E-state index contributed by atoms with van der Waals surface area (Å²) in [6.45, 7) is 9.36. The summed E-state index contributed by atoms with van der Waals surface area (Å²) in [4.78, 5) is 4.97. The molecular weight excluding hydrogens is 460 g/mol. The second-order valence-corrected chi connectivity index (χ2v) is 12.5. The van der Waals surface area contributed by atoms with Crippen molar-refractivity contribution in [3.05, 3.63) is 18.2 Å². The molecule has 224 valence electrons. The van der Waals surface area contributed by atoms with Crippen LogP contribution in [0.5, 0.6) is 0 Å². The number of hydrogen-bond donors (Lipinski definition) is 0. The molecule has 0 aromatic carbocycles. The molecule has 1 heterocycles. The van der Waals surface area contributed by atoms with Gasteiger partial charge in [0.05, 0.1) is 0 Å². The molecule has 2 nitrogen and oxygen atoms in total. The van der Waals surface area contributed by atoms with Crippen molar-refractivity contribution in [2.75, 3.05) is 0 Å². The van der Waals surface area contributed by atoms with Crippen molar-refractivity contribution in [1.29, 1.82) is 0 Å². The summed E-state index contributed by atoms with van der Waals surface area (Å²) in [6, 6.07) is 0.590. The quantitative estimate of drug-likeness (QED) is 0.0941. The molecule has 0 saturated carbocycles. The summed E-state index contributed by atoms with van der Waals surface area (Å²) in [7, 11) is 0. The molecule has 38 heavy (non-hydrogen) atoms. The number of nitrogens with zero attached hydrogens (tertiary/aromatic N) is 2. The van der Waals surface area contributed by atoms with E-state index in [-0.39, 0.29) is 0 Å². The number of hydrogen-bond acceptors (Lipinski definition) is 1. The minimum atomic E-state index is 0.590. The van der Waals surface area contributed by atoms with E-state index in [4.69, 9.17) is 4.98 Å². The Hall–Kier alpha value is -0.790. The lowest BCUT2D eigenvalue weighted by Gasteiger charge is -2.22. The largest absolute Gasteiger partial charge is 0.332 e. The van der Waals surface area contributed by atoms with Crippen molar-refractivity contribution >= 4 is 0 Å². The normalized spacial score (nSPS) is 13.3. The zero-order chi connectivity index (χ0) is 27.5. The van der Waals surface area contributed by atoms with Gasteiger partial charge in [0.15, 0.2) is 0 Å². The van der Waals surface area contributed by atoms with E-state index in [1.54, 1.807) is 0 Å². The van der Waals surface area contributed by atoms with E-state index in [2.05, 4.69) is 44.7 Å². The minimum absolute atomic E-state index is 0.590. The minimum Gasteiger partial charge on any atom is -0.332 e. The van der Waals surface area contributed by atoms with Crippen LogP contribution in [0.25, 0.3) is 0 Å². The number of unbranched alkanes of at least 4 members (excludes halogenated alkanes) is 21. The fourth-order valence-electron chi connectivity index (χ4n) is 6.18. The molecular formula is C36H70N2. The van der Waals surface area contributed by atoms with Crippen molar-refractivity contribution in [2.45, 2.75) is 213 Å². The van der Waals surface area contributed by atoms with Gasteiger partial charge < -0.3 is 4.57 Å². The fourth-order valence-corrected chi connectivity index (χ4v) is 6.18. The Bertz CT molecular complexity index is 592. The first-order valence-electron chi connectivity index (χ1n) is 17.8. The maximum atomic E-state index is 4.97. The first-order valence-corrected chi connectivity index (χ1v) is 17.8. The Balaban J connectivity index is 2.42. The van der Waals surface area contributed by atoms with E-state index in [0.717, 1.165) is 0 Å². The van der Waals surface area contributed by atoms with E-state index in [1.807, 2.05) is 0 Å². The number of rotatable bonds is 29. The molecule has 1 rings (SSSR count). The van der Waals surface area contributed by atoms with Crippen molar-refractivity contribution in [3.63, 3.8) is 0 Å². The lowest BCUT2D eigenvalue weighted by molar-refractivity contribution is 0.413. The lowest BCUT2D eigenvalue weighted by Crippen LogP contribution is -2.13. The maximum Gasteiger partial charge on any atom is 0.111 e. The van der Waals surface area contributed by atoms with E-state index in [9.17, 15) is 0 Å². The van der Waals surface area contributed by atoms with Gasteiger partial charge >= 0.3 is 0 Å². The molecule has 0 bridgehead atoms. The molecule has 0 N–H and O–H groups in total. The molecule has 1 aromatic rings. The smallest absolute Gasteiger partial charge is 0.111 e. The van der Waals surface area contributed by atoms with Crippen molar-refractivity contribution in [3.8, 4) is 0 Å². The van der Waals surface area contributed by atoms with Crippen molar-refractivity contribution < 1.29 is 0 Å². The molecule has 2 unspecified atom stereocenters. The van der Waals surface area contributed by atoms with Crippen LogP contribution in [0.15, 0.2) is 12.4 Å². The van der Waals surface area contributed by atoms with Gasteiger partial charge in [-0.3, -0.25) is 0 Å². The SMILES string of the molecule is CCCCCCCCCCCCCCC(CCCCCCCCC)c1nccn1C(C)CCCCCCC. The van der Waals surface area contributed by atoms with E-state index < -0.39 is 0 Å². The average Bonchev–Trinajstić information content (AvgIpc) is 3.42. The van der Waals surface area contributed by atoms with Gasteiger partial charge in [0.1, 0.15) is 5.82 Å². The zero-order valence-electron chi connectivity index (χ0n) is 26.8. The molecule has 0 spiro atoms. The van der Waals surface area contributed by atoms with Gasteiger partial charge in [-0.2, -0.15) is 0 Å². The predicted octanol–water partition coefficient (Wildman–Crippen LogP) is 13.1. The first-order chi connectivity index (χ1) is 18.7. The molecule has 2 atom stereocenters. The van der Waals surface area contributed by atoms with Gasteiger partial charge in [0.2, 0.25) is 0 Å². The summed E-state index contributed by atoms with van der Waals surface area (Å²) in [5.41, 5.74) is 0. The Morgan fingerprint density at radius 1 is 0.500 bits per heavy atom. The van der Waals surface area contributed by atoms with Crippen LogP contribution in [0, 0.1) is 0 Å². The molecule has 0 saturated heterocycles. The van der Waals surface area contributed by atoms with Crippen LogP contribution < -0.4 is 0 Å². The molecule has 1 aromatic heterocycles. The van der Waals surface area contributed by atoms with Crippen LogP contribution in [0.4, 0.5) is 0 Å². The van der Waals surface area contributed by atoms with Crippen LogP contribution in [0.2, 0.25) is 0 Å². The van der Waals surface area contributed by atoms with Crippen LogP contribution in [-0.2, 0) is 0 Å². The highest BCUT2D eigenvalue weighted by Gasteiger charge is 2.19. The van der Waals surface area contributed by atoms with Gasteiger partial charge in [-0.05, 0) is 26.2 Å². The number of aromatic nitrogens is 2. The van der Waals surface area contributed by atoms with Crippen molar-refractivity contribution in [1.82, 2.24) is 9.55 Å². The zero-order valence-corrected chi connectivity index (χ0v) is 26.8. The van der Waals surface area contributed by atoms with E-state index in [1.165, 1.54) is 179 Å². The predicted molar refractivity (Wildman–Crippen MR) is 171 cm³/mol. The number of imidazole rings is 1. The molecule has 0 aliphatic rings. The van der Waals surface area contributed by atoms with E-state index in [0.29, 0.717) is 12.0 Å². The summed E-state index contributed by atoms with van der Waals surface area (Å²) < 4.78 is 2.56. The van der Waals surface area contributed by atoms with Gasteiger partial charge in [0.25, 0.3) is 0 Å². The third-order valence-corrected chi connectivity index (χ3v) is 8.83. The molecule has 0 aliphatic carbocycles. The molecule has 2 heteroatoms. The monoisotopic (exact) mass is 531 g/mol. The second kappa shape index (κ2) is 26.4. The Morgan fingerprint density at radius 3 is 1.24 bits per heavy atom. The Kier molecular flexibility index (Phi) is 24.5. The highest BCUT2D eigenvalue weighted by atomic mass is 15.1. The highest BCUT2D eigenvalue weighted by Crippen LogP contribution is 2.30. The lowest BCUT2D eigenvalue weighted by atomic mass is 9.92. The Labute approximate surface area is 240 Å². The molecule has 0 amide bonds. The van der Waals surface area contributed by atoms with Crippen LogP contribution in [0.3, 0.4) is 0 Å². The van der Waals surface area contributed by atoms with Crippen LogP contribution in [0.1, 0.15) is 219 Å². The van der Waals surface area contributed by atoms with Crippen molar-refractivity contribution in [2.24, 2.45) is 0 Å². The standard InChI is InChI=1S/C36H70N2/c1-5-8-11-14-16-17-18-19-20-22-25-28-31-35(30-27-24-21-15-12-9-6-2)36-37-32-33-38(36)34(4)29-26-23-13-10-7-3/h32-35H,5-31H2,1-4H3. The molecule has 0 fully saturated rings. The topological polar surface area (TPSA) is 17.8 Å². The second-order valence-electron chi connectivity index (χ2n) is 12.5. The summed E-state index contributed by atoms with van der Waals surface area (Å²) in [5.74, 6) is 2.06. The first kappa shape index (κ1) is 35.2. The molecule has 0 radical (unpaired) electrons. The third-order valence-electron chi connectivity index (χ3n) is 8.83. The third kappa shape index (κ3) is 18.5. The van der Waals surface area contributed by atoms with Gasteiger partial charge in [-0.25, -0.2) is 4.98 Å². The maximum absolute atomic E-state index is 4.97. The summed E-state index contributed by atoms with van der Waals surface area (Å²) in [6.07, 6.45) is 42.3. The van der Waals surface area contributed by atoms with Gasteiger partial charge in [0, 0.05) is 24.4 Å². The summed E-state index contributed by atoms with van der Waals surface area (Å²) >= 11 is 0. The summed E-state index contributed by atoms with van der Waals surface area (Å²) in [5, 5.41) is 0. The van der Waals surface area contributed by atoms with E-state index >= 15 is 0 Å².